The first-order valence-electron chi connectivity index (χ1n) is 7.17. The van der Waals surface area contributed by atoms with E-state index in [1.54, 1.807) is 19.1 Å². The molecule has 2 rings (SSSR count). The predicted octanol–water partition coefficient (Wildman–Crippen LogP) is 3.45. The molecule has 6 heteroatoms. The molecular formula is C17H17NO5. The van der Waals surface area contributed by atoms with Crippen LogP contribution in [0.15, 0.2) is 42.5 Å². The third-order valence-corrected chi connectivity index (χ3v) is 3.28. The Labute approximate surface area is 133 Å². The first-order valence-corrected chi connectivity index (χ1v) is 7.17. The number of aryl methyl sites for hydroxylation is 2. The molecular weight excluding hydrogens is 298 g/mol. The van der Waals surface area contributed by atoms with Gasteiger partial charge in [0.1, 0.15) is 11.5 Å². The molecule has 6 nitrogen and oxygen atoms in total. The number of non-ortho nitro benzene ring substituents is 1. The summed E-state index contributed by atoms with van der Waals surface area (Å²) in [5, 5.41) is 10.7. The summed E-state index contributed by atoms with van der Waals surface area (Å²) in [5.74, 6) is 0.331. The van der Waals surface area contributed by atoms with E-state index in [0.717, 1.165) is 12.0 Å². The van der Waals surface area contributed by atoms with E-state index >= 15 is 0 Å². The number of nitrogens with zero attached hydrogens (tertiary/aromatic N) is 1. The van der Waals surface area contributed by atoms with E-state index in [0.29, 0.717) is 17.1 Å². The maximum absolute atomic E-state index is 11.8. The van der Waals surface area contributed by atoms with Gasteiger partial charge in [-0.15, -0.1) is 0 Å². The zero-order chi connectivity index (χ0) is 16.8. The topological polar surface area (TPSA) is 78.7 Å². The van der Waals surface area contributed by atoms with Gasteiger partial charge in [-0.05, 0) is 42.7 Å². The molecule has 2 aromatic rings. The zero-order valence-corrected chi connectivity index (χ0v) is 12.9. The Kier molecular flexibility index (Phi) is 5.30. The number of ether oxygens (including phenoxy) is 2. The quantitative estimate of drug-likeness (QED) is 0.353. The van der Waals surface area contributed by atoms with Crippen LogP contribution < -0.4 is 9.47 Å². The first kappa shape index (κ1) is 16.5. The van der Waals surface area contributed by atoms with Gasteiger partial charge in [-0.2, -0.15) is 0 Å². The molecule has 0 saturated heterocycles. The summed E-state index contributed by atoms with van der Waals surface area (Å²) in [6.45, 7) is 3.45. The lowest BCUT2D eigenvalue weighted by Crippen LogP contribution is -2.18. The summed E-state index contributed by atoms with van der Waals surface area (Å²) in [5.41, 5.74) is 1.72. The highest BCUT2D eigenvalue weighted by Gasteiger charge is 2.11. The molecule has 0 aliphatic carbocycles. The van der Waals surface area contributed by atoms with Crippen molar-refractivity contribution in [3.63, 3.8) is 0 Å². The van der Waals surface area contributed by atoms with E-state index in [2.05, 4.69) is 0 Å². The van der Waals surface area contributed by atoms with Crippen LogP contribution in [0.3, 0.4) is 0 Å². The van der Waals surface area contributed by atoms with Crippen LogP contribution in [0.5, 0.6) is 11.5 Å². The van der Waals surface area contributed by atoms with Gasteiger partial charge < -0.3 is 9.47 Å². The molecule has 0 heterocycles. The van der Waals surface area contributed by atoms with Crippen LogP contribution in [0, 0.1) is 17.0 Å². The van der Waals surface area contributed by atoms with Crippen molar-refractivity contribution in [2.24, 2.45) is 0 Å². The molecule has 120 valence electrons. The minimum atomic E-state index is -0.535. The van der Waals surface area contributed by atoms with Crippen molar-refractivity contribution >= 4 is 11.7 Å². The first-order chi connectivity index (χ1) is 11.0. The van der Waals surface area contributed by atoms with Crippen molar-refractivity contribution in [3.8, 4) is 11.5 Å². The second kappa shape index (κ2) is 7.40. The van der Waals surface area contributed by atoms with Crippen LogP contribution in [0.2, 0.25) is 0 Å². The van der Waals surface area contributed by atoms with Gasteiger partial charge >= 0.3 is 5.97 Å². The number of rotatable bonds is 6. The van der Waals surface area contributed by atoms with Crippen molar-refractivity contribution in [3.05, 3.63) is 63.7 Å². The van der Waals surface area contributed by atoms with Crippen LogP contribution in [0.25, 0.3) is 0 Å². The second-order valence-corrected chi connectivity index (χ2v) is 4.97. The molecule has 2 aromatic carbocycles. The van der Waals surface area contributed by atoms with Gasteiger partial charge in [0.05, 0.1) is 4.92 Å². The second-order valence-electron chi connectivity index (χ2n) is 4.97. The molecule has 0 radical (unpaired) electrons. The molecule has 0 bridgehead atoms. The molecule has 0 aliphatic rings. The SMILES string of the molecule is CCc1ccc(OC(=O)COc2ccc([N+](=O)[O-])cc2C)cc1. The van der Waals surface area contributed by atoms with Gasteiger partial charge in [-0.3, -0.25) is 10.1 Å². The molecule has 0 unspecified atom stereocenters. The summed E-state index contributed by atoms with van der Waals surface area (Å²) in [7, 11) is 0. The number of hydrogen-bond donors (Lipinski definition) is 0. The average molecular weight is 315 g/mol. The normalized spacial score (nSPS) is 10.2. The summed E-state index contributed by atoms with van der Waals surface area (Å²) < 4.78 is 10.5. The van der Waals surface area contributed by atoms with Crippen molar-refractivity contribution in [2.75, 3.05) is 6.61 Å². The fourth-order valence-electron chi connectivity index (χ4n) is 2.00. The summed E-state index contributed by atoms with van der Waals surface area (Å²) in [4.78, 5) is 22.0. The number of esters is 1. The van der Waals surface area contributed by atoms with Crippen LogP contribution in [-0.4, -0.2) is 17.5 Å². The summed E-state index contributed by atoms with van der Waals surface area (Å²) in [6.07, 6.45) is 0.913. The molecule has 0 N–H and O–H groups in total. The smallest absolute Gasteiger partial charge is 0.349 e. The molecule has 0 amide bonds. The van der Waals surface area contributed by atoms with Crippen LogP contribution in [-0.2, 0) is 11.2 Å². The Bertz CT molecular complexity index is 709. The van der Waals surface area contributed by atoms with Crippen molar-refractivity contribution in [1.82, 2.24) is 0 Å². The molecule has 23 heavy (non-hydrogen) atoms. The van der Waals surface area contributed by atoms with Gasteiger partial charge in [0.25, 0.3) is 5.69 Å². The number of hydrogen-bond acceptors (Lipinski definition) is 5. The number of nitro benzene ring substituents is 1. The summed E-state index contributed by atoms with van der Waals surface area (Å²) in [6, 6.07) is 11.4. The zero-order valence-electron chi connectivity index (χ0n) is 12.9. The molecule has 0 aromatic heterocycles. The molecule has 0 atom stereocenters. The minimum Gasteiger partial charge on any atom is -0.482 e. The Hall–Kier alpha value is -2.89. The molecule has 0 fully saturated rings. The van der Waals surface area contributed by atoms with Crippen molar-refractivity contribution < 1.29 is 19.2 Å². The van der Waals surface area contributed by atoms with E-state index in [1.165, 1.54) is 18.2 Å². The predicted molar refractivity (Wildman–Crippen MR) is 84.8 cm³/mol. The molecule has 0 saturated carbocycles. The lowest BCUT2D eigenvalue weighted by atomic mass is 10.2. The Morgan fingerprint density at radius 2 is 1.87 bits per heavy atom. The third-order valence-electron chi connectivity index (χ3n) is 3.28. The van der Waals surface area contributed by atoms with Gasteiger partial charge in [-0.25, -0.2) is 4.79 Å². The Morgan fingerprint density at radius 1 is 1.17 bits per heavy atom. The van der Waals surface area contributed by atoms with E-state index in [4.69, 9.17) is 9.47 Å². The van der Waals surface area contributed by atoms with E-state index in [9.17, 15) is 14.9 Å². The van der Waals surface area contributed by atoms with Crippen LogP contribution >= 0.6 is 0 Å². The maximum Gasteiger partial charge on any atom is 0.349 e. The van der Waals surface area contributed by atoms with E-state index < -0.39 is 10.9 Å². The highest BCUT2D eigenvalue weighted by molar-refractivity contribution is 5.74. The third kappa shape index (κ3) is 4.54. The van der Waals surface area contributed by atoms with E-state index in [-0.39, 0.29) is 12.3 Å². The largest absolute Gasteiger partial charge is 0.482 e. The van der Waals surface area contributed by atoms with Crippen LogP contribution in [0.4, 0.5) is 5.69 Å². The fraction of sp³-hybridized carbons (Fsp3) is 0.235. The van der Waals surface area contributed by atoms with Crippen molar-refractivity contribution in [2.45, 2.75) is 20.3 Å². The highest BCUT2D eigenvalue weighted by Crippen LogP contribution is 2.23. The number of carbonyl (C=O) groups excluding carboxylic acids is 1. The highest BCUT2D eigenvalue weighted by atomic mass is 16.6. The average Bonchev–Trinajstić information content (AvgIpc) is 2.54. The Balaban J connectivity index is 1.92. The Morgan fingerprint density at radius 3 is 2.43 bits per heavy atom. The van der Waals surface area contributed by atoms with Gasteiger partial charge in [0.2, 0.25) is 0 Å². The molecule has 0 spiro atoms. The minimum absolute atomic E-state index is 0.0200. The van der Waals surface area contributed by atoms with Gasteiger partial charge in [-0.1, -0.05) is 19.1 Å². The number of nitro groups is 1. The number of carbonyl (C=O) groups is 1. The monoisotopic (exact) mass is 315 g/mol. The van der Waals surface area contributed by atoms with Gasteiger partial charge in [0.15, 0.2) is 6.61 Å². The van der Waals surface area contributed by atoms with Gasteiger partial charge in [0, 0.05) is 12.1 Å². The maximum atomic E-state index is 11.8. The lowest BCUT2D eigenvalue weighted by molar-refractivity contribution is -0.384. The van der Waals surface area contributed by atoms with Crippen molar-refractivity contribution in [1.29, 1.82) is 0 Å². The lowest BCUT2D eigenvalue weighted by Gasteiger charge is -2.09. The standard InChI is InChI=1S/C17H17NO5/c1-3-13-4-7-15(8-5-13)23-17(19)11-22-16-9-6-14(18(20)21)10-12(16)2/h4-10H,3,11H2,1-2H3. The van der Waals surface area contributed by atoms with E-state index in [1.807, 2.05) is 19.1 Å². The number of benzene rings is 2. The summed E-state index contributed by atoms with van der Waals surface area (Å²) >= 11 is 0. The van der Waals surface area contributed by atoms with Crippen LogP contribution in [0.1, 0.15) is 18.1 Å². The molecule has 0 aliphatic heterocycles. The fourth-order valence-corrected chi connectivity index (χ4v) is 2.00.